The molecule has 1 heterocycles. The summed E-state index contributed by atoms with van der Waals surface area (Å²) in [7, 11) is 0. The zero-order valence-corrected chi connectivity index (χ0v) is 22.5. The maximum absolute atomic E-state index is 12.3. The zero-order chi connectivity index (χ0) is 22.5. The van der Waals surface area contributed by atoms with Crippen molar-refractivity contribution in [2.45, 2.75) is 59.5 Å². The Hall–Kier alpha value is -1.39. The molecular formula is C24H42IN5O2. The Kier molecular flexibility index (Phi) is 14.6. The fraction of sp³-hybridized carbons (Fsp3) is 0.667. The van der Waals surface area contributed by atoms with Crippen LogP contribution in [0.4, 0.5) is 5.69 Å². The van der Waals surface area contributed by atoms with E-state index in [-0.39, 0.29) is 29.9 Å². The van der Waals surface area contributed by atoms with Crippen molar-refractivity contribution < 1.29 is 9.53 Å². The molecule has 182 valence electrons. The minimum atomic E-state index is 0. The summed E-state index contributed by atoms with van der Waals surface area (Å²) >= 11 is 0. The summed E-state index contributed by atoms with van der Waals surface area (Å²) < 4.78 is 5.35. The average molecular weight is 560 g/mol. The predicted octanol–water partition coefficient (Wildman–Crippen LogP) is 3.85. The van der Waals surface area contributed by atoms with E-state index in [1.165, 1.54) is 6.42 Å². The van der Waals surface area contributed by atoms with Crippen LogP contribution in [0.2, 0.25) is 0 Å². The van der Waals surface area contributed by atoms with Crippen molar-refractivity contribution in [2.75, 3.05) is 44.7 Å². The first kappa shape index (κ1) is 28.6. The number of guanidine groups is 1. The third-order valence-corrected chi connectivity index (χ3v) is 5.29. The number of amides is 1. The SMILES string of the molecule is CCNC(=NCc1cccc(NC(=O)CCN2CCOCC2)c1)NC(C)CCC(C)C.I. The first-order valence-corrected chi connectivity index (χ1v) is 11.7. The van der Waals surface area contributed by atoms with E-state index in [2.05, 4.69) is 48.5 Å². The van der Waals surface area contributed by atoms with Gasteiger partial charge in [-0.15, -0.1) is 24.0 Å². The molecule has 2 rings (SSSR count). The monoisotopic (exact) mass is 559 g/mol. The van der Waals surface area contributed by atoms with E-state index in [0.29, 0.717) is 24.9 Å². The summed E-state index contributed by atoms with van der Waals surface area (Å²) in [4.78, 5) is 19.3. The Morgan fingerprint density at radius 2 is 1.94 bits per heavy atom. The van der Waals surface area contributed by atoms with Gasteiger partial charge in [0.25, 0.3) is 0 Å². The molecule has 32 heavy (non-hydrogen) atoms. The molecule has 1 saturated heterocycles. The van der Waals surface area contributed by atoms with Crippen molar-refractivity contribution in [3.05, 3.63) is 29.8 Å². The van der Waals surface area contributed by atoms with E-state index in [0.717, 1.165) is 63.0 Å². The van der Waals surface area contributed by atoms with E-state index in [9.17, 15) is 4.79 Å². The second-order valence-electron chi connectivity index (χ2n) is 8.66. The van der Waals surface area contributed by atoms with Gasteiger partial charge in [-0.25, -0.2) is 4.99 Å². The second kappa shape index (κ2) is 16.3. The van der Waals surface area contributed by atoms with Gasteiger partial charge in [0.2, 0.25) is 5.91 Å². The van der Waals surface area contributed by atoms with Gasteiger partial charge in [-0.1, -0.05) is 26.0 Å². The maximum atomic E-state index is 12.3. The summed E-state index contributed by atoms with van der Waals surface area (Å²) in [6.45, 7) is 14.2. The summed E-state index contributed by atoms with van der Waals surface area (Å²) in [6, 6.07) is 8.31. The minimum Gasteiger partial charge on any atom is -0.379 e. The topological polar surface area (TPSA) is 78.0 Å². The molecule has 1 amide bonds. The largest absolute Gasteiger partial charge is 0.379 e. The summed E-state index contributed by atoms with van der Waals surface area (Å²) in [5.74, 6) is 1.58. The van der Waals surface area contributed by atoms with Crippen LogP contribution in [0.5, 0.6) is 0 Å². The fourth-order valence-electron chi connectivity index (χ4n) is 3.43. The lowest BCUT2D eigenvalue weighted by molar-refractivity contribution is -0.116. The lowest BCUT2D eigenvalue weighted by atomic mass is 10.0. The molecule has 0 bridgehead atoms. The highest BCUT2D eigenvalue weighted by molar-refractivity contribution is 14.0. The van der Waals surface area contributed by atoms with Crippen molar-refractivity contribution in [1.82, 2.24) is 15.5 Å². The van der Waals surface area contributed by atoms with Gasteiger partial charge in [-0.05, 0) is 50.3 Å². The first-order chi connectivity index (χ1) is 15.0. The Labute approximate surface area is 211 Å². The number of benzene rings is 1. The number of morpholine rings is 1. The number of ether oxygens (including phenoxy) is 1. The molecule has 0 spiro atoms. The van der Waals surface area contributed by atoms with Crippen LogP contribution in [0.1, 0.15) is 52.5 Å². The Morgan fingerprint density at radius 1 is 1.19 bits per heavy atom. The molecule has 1 atom stereocenters. The van der Waals surface area contributed by atoms with Crippen LogP contribution < -0.4 is 16.0 Å². The lowest BCUT2D eigenvalue weighted by Crippen LogP contribution is -2.42. The van der Waals surface area contributed by atoms with Gasteiger partial charge in [0.15, 0.2) is 5.96 Å². The number of carbonyl (C=O) groups excluding carboxylic acids is 1. The molecular weight excluding hydrogens is 517 g/mol. The normalized spacial score (nSPS) is 15.7. The fourth-order valence-corrected chi connectivity index (χ4v) is 3.43. The predicted molar refractivity (Wildman–Crippen MR) is 144 cm³/mol. The standard InChI is InChI=1S/C24H41N5O2.HI/c1-5-25-24(27-20(4)10-9-19(2)3)26-18-21-7-6-8-22(17-21)28-23(30)11-12-29-13-15-31-16-14-29;/h6-8,17,19-20H,5,9-16,18H2,1-4H3,(H,28,30)(H2,25,26,27);1H. The molecule has 1 fully saturated rings. The second-order valence-corrected chi connectivity index (χ2v) is 8.66. The van der Waals surface area contributed by atoms with Gasteiger partial charge in [-0.2, -0.15) is 0 Å². The summed E-state index contributed by atoms with van der Waals surface area (Å²) in [5, 5.41) is 9.83. The van der Waals surface area contributed by atoms with Gasteiger partial charge < -0.3 is 20.7 Å². The van der Waals surface area contributed by atoms with Crippen molar-refractivity contribution in [3.63, 3.8) is 0 Å². The van der Waals surface area contributed by atoms with Crippen molar-refractivity contribution in [1.29, 1.82) is 0 Å². The van der Waals surface area contributed by atoms with Gasteiger partial charge in [-0.3, -0.25) is 9.69 Å². The molecule has 1 aromatic carbocycles. The maximum Gasteiger partial charge on any atom is 0.225 e. The summed E-state index contributed by atoms with van der Waals surface area (Å²) in [5.41, 5.74) is 1.89. The van der Waals surface area contributed by atoms with Crippen LogP contribution in [-0.2, 0) is 16.1 Å². The molecule has 0 aliphatic carbocycles. The number of nitrogens with one attached hydrogen (secondary N) is 3. The molecule has 0 radical (unpaired) electrons. The Morgan fingerprint density at radius 3 is 2.62 bits per heavy atom. The Bertz CT molecular complexity index is 693. The van der Waals surface area contributed by atoms with Gasteiger partial charge in [0.05, 0.1) is 19.8 Å². The van der Waals surface area contributed by atoms with Crippen molar-refractivity contribution in [2.24, 2.45) is 10.9 Å². The number of nitrogens with zero attached hydrogens (tertiary/aromatic N) is 2. The molecule has 3 N–H and O–H groups in total. The van der Waals surface area contributed by atoms with Crippen LogP contribution in [0.25, 0.3) is 0 Å². The number of aliphatic imine (C=N–C) groups is 1. The average Bonchev–Trinajstić information content (AvgIpc) is 2.76. The van der Waals surface area contributed by atoms with E-state index in [1.54, 1.807) is 0 Å². The highest BCUT2D eigenvalue weighted by Gasteiger charge is 2.12. The highest BCUT2D eigenvalue weighted by atomic mass is 127. The first-order valence-electron chi connectivity index (χ1n) is 11.7. The third kappa shape index (κ3) is 12.0. The van der Waals surface area contributed by atoms with Crippen LogP contribution in [-0.4, -0.2) is 62.2 Å². The third-order valence-electron chi connectivity index (χ3n) is 5.29. The van der Waals surface area contributed by atoms with Crippen LogP contribution in [0, 0.1) is 5.92 Å². The lowest BCUT2D eigenvalue weighted by Gasteiger charge is -2.26. The molecule has 8 heteroatoms. The van der Waals surface area contributed by atoms with Gasteiger partial charge >= 0.3 is 0 Å². The molecule has 1 aliphatic heterocycles. The van der Waals surface area contributed by atoms with Crippen LogP contribution >= 0.6 is 24.0 Å². The number of hydrogen-bond donors (Lipinski definition) is 3. The smallest absolute Gasteiger partial charge is 0.225 e. The minimum absolute atomic E-state index is 0. The number of hydrogen-bond acceptors (Lipinski definition) is 4. The zero-order valence-electron chi connectivity index (χ0n) is 20.2. The number of halogens is 1. The molecule has 1 aliphatic rings. The van der Waals surface area contributed by atoms with E-state index >= 15 is 0 Å². The summed E-state index contributed by atoms with van der Waals surface area (Å²) in [6.07, 6.45) is 2.81. The molecule has 1 aromatic rings. The van der Waals surface area contributed by atoms with E-state index in [1.807, 2.05) is 24.3 Å². The van der Waals surface area contributed by atoms with E-state index in [4.69, 9.17) is 9.73 Å². The van der Waals surface area contributed by atoms with Crippen molar-refractivity contribution in [3.8, 4) is 0 Å². The van der Waals surface area contributed by atoms with Crippen LogP contribution in [0.3, 0.4) is 0 Å². The Balaban J connectivity index is 0.00000512. The molecule has 1 unspecified atom stereocenters. The molecule has 7 nitrogen and oxygen atoms in total. The van der Waals surface area contributed by atoms with Gasteiger partial charge in [0.1, 0.15) is 0 Å². The quantitative estimate of drug-likeness (QED) is 0.218. The molecule has 0 aromatic heterocycles. The number of carbonyl (C=O) groups is 1. The number of anilines is 1. The highest BCUT2D eigenvalue weighted by Crippen LogP contribution is 2.12. The van der Waals surface area contributed by atoms with Gasteiger partial charge in [0, 0.05) is 44.3 Å². The number of rotatable bonds is 11. The van der Waals surface area contributed by atoms with E-state index < -0.39 is 0 Å². The molecule has 0 saturated carbocycles. The van der Waals surface area contributed by atoms with Crippen molar-refractivity contribution >= 4 is 41.5 Å². The van der Waals surface area contributed by atoms with Crippen LogP contribution in [0.15, 0.2) is 29.3 Å².